The molecule has 0 atom stereocenters. The van der Waals surface area contributed by atoms with Crippen molar-refractivity contribution in [3.05, 3.63) is 24.4 Å². The van der Waals surface area contributed by atoms with Gasteiger partial charge in [0, 0.05) is 6.20 Å². The molecule has 0 aromatic heterocycles. The van der Waals surface area contributed by atoms with E-state index in [-0.39, 0.29) is 0 Å². The summed E-state index contributed by atoms with van der Waals surface area (Å²) in [4.78, 5) is 3.84. The Hall–Kier alpha value is -0.560. The van der Waals surface area contributed by atoms with Gasteiger partial charge in [0.15, 0.2) is 0 Å². The predicted octanol–water partition coefficient (Wildman–Crippen LogP) is 2.73. The van der Waals surface area contributed by atoms with Crippen molar-refractivity contribution in [3.63, 3.8) is 0 Å². The number of halogens is 1. The van der Waals surface area contributed by atoms with E-state index in [9.17, 15) is 0 Å². The molecule has 0 aliphatic rings. The lowest BCUT2D eigenvalue weighted by molar-refractivity contribution is 1.51. The van der Waals surface area contributed by atoms with E-state index in [0.717, 1.165) is 5.57 Å². The minimum Gasteiger partial charge on any atom is -0.245 e. The first-order valence-electron chi connectivity index (χ1n) is 2.69. The van der Waals surface area contributed by atoms with Crippen molar-refractivity contribution in [1.29, 1.82) is 0 Å². The lowest BCUT2D eigenvalue weighted by Crippen LogP contribution is -1.84. The van der Waals surface area contributed by atoms with Crippen molar-refractivity contribution in [2.24, 2.45) is 4.99 Å². The molecule has 0 saturated heterocycles. The van der Waals surface area contributed by atoms with Crippen LogP contribution in [-0.4, -0.2) is 5.17 Å². The summed E-state index contributed by atoms with van der Waals surface area (Å²) in [6.45, 7) is 7.31. The molecule has 0 spiro atoms. The number of rotatable bonds is 2. The lowest BCUT2D eigenvalue weighted by Gasteiger charge is -1.88. The fourth-order valence-corrected chi connectivity index (χ4v) is 0.307. The molecule has 0 aliphatic heterocycles. The Kier molecular flexibility index (Phi) is 4.06. The third-order valence-corrected chi connectivity index (χ3v) is 1.11. The van der Waals surface area contributed by atoms with E-state index in [1.807, 2.05) is 19.9 Å². The Labute approximate surface area is 60.7 Å². The molecule has 0 saturated carbocycles. The molecule has 1 nitrogen and oxygen atoms in total. The van der Waals surface area contributed by atoms with Gasteiger partial charge in [-0.3, -0.25) is 0 Å². The van der Waals surface area contributed by atoms with E-state index >= 15 is 0 Å². The first-order chi connectivity index (χ1) is 4.18. The number of aliphatic imine (C=N–C) groups is 1. The molecule has 0 rings (SSSR count). The van der Waals surface area contributed by atoms with Gasteiger partial charge in [0.25, 0.3) is 0 Å². The molecule has 0 radical (unpaired) electrons. The van der Waals surface area contributed by atoms with Crippen LogP contribution < -0.4 is 0 Å². The highest BCUT2D eigenvalue weighted by molar-refractivity contribution is 6.69. The van der Waals surface area contributed by atoms with Gasteiger partial charge in [-0.05, 0) is 19.4 Å². The Morgan fingerprint density at radius 1 is 1.67 bits per heavy atom. The number of hydrogen-bond acceptors (Lipinski definition) is 1. The molecule has 0 aromatic rings. The van der Waals surface area contributed by atoms with Gasteiger partial charge in [0.05, 0.1) is 0 Å². The molecular weight excluding hydrogens is 134 g/mol. The third kappa shape index (κ3) is 3.98. The summed E-state index contributed by atoms with van der Waals surface area (Å²) in [6.07, 6.45) is 3.45. The summed E-state index contributed by atoms with van der Waals surface area (Å²) in [5, 5.41) is 0.466. The number of hydrogen-bond donors (Lipinski definition) is 0. The SMILES string of the molecule is C=C(C)C(Cl)=N/C=C\C. The average molecular weight is 144 g/mol. The summed E-state index contributed by atoms with van der Waals surface area (Å²) >= 11 is 5.59. The van der Waals surface area contributed by atoms with Gasteiger partial charge in [-0.25, -0.2) is 4.99 Å². The molecule has 9 heavy (non-hydrogen) atoms. The fraction of sp³-hybridized carbons (Fsp3) is 0.286. The summed E-state index contributed by atoms with van der Waals surface area (Å²) in [6, 6.07) is 0. The van der Waals surface area contributed by atoms with Crippen molar-refractivity contribution >= 4 is 16.8 Å². The minimum atomic E-state index is 0.466. The molecule has 50 valence electrons. The summed E-state index contributed by atoms with van der Waals surface area (Å²) in [7, 11) is 0. The van der Waals surface area contributed by atoms with Crippen molar-refractivity contribution in [2.75, 3.05) is 0 Å². The van der Waals surface area contributed by atoms with Crippen LogP contribution >= 0.6 is 11.6 Å². The highest BCUT2D eigenvalue weighted by atomic mass is 35.5. The number of nitrogens with zero attached hydrogens (tertiary/aromatic N) is 1. The van der Waals surface area contributed by atoms with Gasteiger partial charge in [-0.15, -0.1) is 0 Å². The maximum Gasteiger partial charge on any atom is 0.131 e. The topological polar surface area (TPSA) is 12.4 Å². The molecule has 0 N–H and O–H groups in total. The smallest absolute Gasteiger partial charge is 0.131 e. The second-order valence-corrected chi connectivity index (χ2v) is 2.04. The zero-order valence-corrected chi connectivity index (χ0v) is 6.44. The Morgan fingerprint density at radius 3 is 2.56 bits per heavy atom. The van der Waals surface area contributed by atoms with E-state index in [1.165, 1.54) is 0 Å². The van der Waals surface area contributed by atoms with Crippen molar-refractivity contribution < 1.29 is 0 Å². The van der Waals surface area contributed by atoms with Crippen molar-refractivity contribution in [3.8, 4) is 0 Å². The Morgan fingerprint density at radius 2 is 2.22 bits per heavy atom. The lowest BCUT2D eigenvalue weighted by atomic mass is 10.4. The predicted molar refractivity (Wildman–Crippen MR) is 42.9 cm³/mol. The second-order valence-electron chi connectivity index (χ2n) is 1.68. The normalized spacial score (nSPS) is 12.6. The van der Waals surface area contributed by atoms with Gasteiger partial charge in [-0.1, -0.05) is 24.3 Å². The quantitative estimate of drug-likeness (QED) is 0.527. The van der Waals surface area contributed by atoms with Crippen LogP contribution in [0.1, 0.15) is 13.8 Å². The van der Waals surface area contributed by atoms with E-state index in [1.54, 1.807) is 6.20 Å². The standard InChI is InChI=1S/C7H10ClN/c1-4-5-9-7(8)6(2)3/h4-5H,2H2,1,3H3/b5-4-,9-7?. The first-order valence-corrected chi connectivity index (χ1v) is 3.06. The highest BCUT2D eigenvalue weighted by Crippen LogP contribution is 1.97. The monoisotopic (exact) mass is 143 g/mol. The molecule has 0 fully saturated rings. The average Bonchev–Trinajstić information content (AvgIpc) is 1.82. The largest absolute Gasteiger partial charge is 0.245 e. The Bertz CT molecular complexity index is 156. The van der Waals surface area contributed by atoms with Gasteiger partial charge in [0.1, 0.15) is 5.17 Å². The van der Waals surface area contributed by atoms with Gasteiger partial charge < -0.3 is 0 Å². The van der Waals surface area contributed by atoms with Gasteiger partial charge in [0.2, 0.25) is 0 Å². The van der Waals surface area contributed by atoms with Crippen LogP contribution in [0.3, 0.4) is 0 Å². The molecule has 0 amide bonds. The van der Waals surface area contributed by atoms with Crippen LogP contribution in [0.15, 0.2) is 29.4 Å². The molecule has 0 unspecified atom stereocenters. The van der Waals surface area contributed by atoms with E-state index in [4.69, 9.17) is 11.6 Å². The first kappa shape index (κ1) is 8.44. The van der Waals surface area contributed by atoms with Crippen LogP contribution in [0.4, 0.5) is 0 Å². The molecule has 0 heterocycles. The fourth-order valence-electron chi connectivity index (χ4n) is 0.250. The maximum absolute atomic E-state index is 5.59. The molecule has 2 heteroatoms. The van der Waals surface area contributed by atoms with E-state index < -0.39 is 0 Å². The number of allylic oxidation sites excluding steroid dienone is 2. The molecule has 0 bridgehead atoms. The summed E-state index contributed by atoms with van der Waals surface area (Å²) in [5.74, 6) is 0. The highest BCUT2D eigenvalue weighted by Gasteiger charge is 1.88. The van der Waals surface area contributed by atoms with Crippen LogP contribution in [-0.2, 0) is 0 Å². The zero-order valence-electron chi connectivity index (χ0n) is 5.69. The molecule has 0 aliphatic carbocycles. The summed E-state index contributed by atoms with van der Waals surface area (Å²) < 4.78 is 0. The third-order valence-electron chi connectivity index (χ3n) is 0.689. The minimum absolute atomic E-state index is 0.466. The second kappa shape index (κ2) is 4.33. The van der Waals surface area contributed by atoms with Gasteiger partial charge >= 0.3 is 0 Å². The van der Waals surface area contributed by atoms with Crippen LogP contribution in [0.5, 0.6) is 0 Å². The van der Waals surface area contributed by atoms with E-state index in [2.05, 4.69) is 11.6 Å². The molecule has 0 aromatic carbocycles. The zero-order chi connectivity index (χ0) is 7.28. The van der Waals surface area contributed by atoms with Crippen molar-refractivity contribution in [2.45, 2.75) is 13.8 Å². The maximum atomic E-state index is 5.59. The Balaban J connectivity index is 4.00. The van der Waals surface area contributed by atoms with E-state index in [0.29, 0.717) is 5.17 Å². The molecular formula is C7H10ClN. The van der Waals surface area contributed by atoms with Crippen LogP contribution in [0.2, 0.25) is 0 Å². The van der Waals surface area contributed by atoms with Crippen LogP contribution in [0.25, 0.3) is 0 Å². The summed E-state index contributed by atoms with van der Waals surface area (Å²) in [5.41, 5.74) is 0.787. The van der Waals surface area contributed by atoms with Crippen molar-refractivity contribution in [1.82, 2.24) is 0 Å². The van der Waals surface area contributed by atoms with Gasteiger partial charge in [-0.2, -0.15) is 0 Å². The van der Waals surface area contributed by atoms with Crippen LogP contribution in [0, 0.1) is 0 Å².